The van der Waals surface area contributed by atoms with E-state index in [0.29, 0.717) is 17.8 Å². The van der Waals surface area contributed by atoms with E-state index in [4.69, 9.17) is 9.97 Å². The van der Waals surface area contributed by atoms with Gasteiger partial charge in [-0.25, -0.2) is 0 Å². The third-order valence-corrected chi connectivity index (χ3v) is 7.42. The summed E-state index contributed by atoms with van der Waals surface area (Å²) in [7, 11) is 2.14. The molecule has 0 spiro atoms. The Hall–Kier alpha value is -2.69. The minimum absolute atomic E-state index is 0.126. The van der Waals surface area contributed by atoms with Gasteiger partial charge in [-0.2, -0.15) is 15.0 Å². The molecule has 160 valence electrons. The fraction of sp³-hybridized carbons (Fsp3) is 0.333. The molecule has 0 saturated carbocycles. The van der Waals surface area contributed by atoms with Crippen LogP contribution in [0.1, 0.15) is 10.1 Å². The summed E-state index contributed by atoms with van der Waals surface area (Å²) in [6, 6.07) is 14.2. The fourth-order valence-electron chi connectivity index (χ4n) is 3.42. The maximum Gasteiger partial charge on any atom is 0.233 e. The van der Waals surface area contributed by atoms with Crippen molar-refractivity contribution < 1.29 is 0 Å². The molecule has 2 aromatic heterocycles. The number of nitrogens with one attached hydrogen (secondary N) is 2. The van der Waals surface area contributed by atoms with Gasteiger partial charge in [0.1, 0.15) is 0 Å². The summed E-state index contributed by atoms with van der Waals surface area (Å²) in [4.78, 5) is 24.5. The van der Waals surface area contributed by atoms with Crippen LogP contribution in [-0.2, 0) is 0 Å². The van der Waals surface area contributed by atoms with Crippen molar-refractivity contribution in [3.05, 3.63) is 52.7 Å². The first-order valence-electron chi connectivity index (χ1n) is 10.2. The zero-order chi connectivity index (χ0) is 21.0. The Labute approximate surface area is 189 Å². The molecule has 1 saturated heterocycles. The van der Waals surface area contributed by atoms with Crippen LogP contribution in [0, 0.1) is 0 Å². The summed E-state index contributed by atoms with van der Waals surface area (Å²) in [5.41, 5.74) is 0.814. The van der Waals surface area contributed by atoms with Gasteiger partial charge in [0.15, 0.2) is 5.50 Å². The van der Waals surface area contributed by atoms with Crippen LogP contribution in [0.2, 0.25) is 0 Å². The van der Waals surface area contributed by atoms with Gasteiger partial charge in [0.2, 0.25) is 17.8 Å². The van der Waals surface area contributed by atoms with E-state index in [0.717, 1.165) is 31.9 Å². The lowest BCUT2D eigenvalue weighted by Crippen LogP contribution is -2.45. The van der Waals surface area contributed by atoms with Crippen molar-refractivity contribution >= 4 is 52.8 Å². The van der Waals surface area contributed by atoms with Gasteiger partial charge in [0, 0.05) is 43.0 Å². The van der Waals surface area contributed by atoms with Crippen molar-refractivity contribution in [2.45, 2.75) is 10.7 Å². The van der Waals surface area contributed by atoms with Crippen LogP contribution in [0.5, 0.6) is 0 Å². The van der Waals surface area contributed by atoms with E-state index in [9.17, 15) is 0 Å². The Morgan fingerprint density at radius 1 is 0.935 bits per heavy atom. The Kier molecular flexibility index (Phi) is 6.01. The van der Waals surface area contributed by atoms with Gasteiger partial charge in [-0.3, -0.25) is 4.99 Å². The highest BCUT2D eigenvalue weighted by Gasteiger charge is 2.25. The molecule has 0 aliphatic carbocycles. The minimum atomic E-state index is -0.126. The molecule has 0 bridgehead atoms. The molecule has 2 unspecified atom stereocenters. The van der Waals surface area contributed by atoms with Crippen molar-refractivity contribution in [3.63, 3.8) is 0 Å². The topological polar surface area (TPSA) is 81.6 Å². The number of thiophene rings is 1. The number of aromatic nitrogens is 3. The molecular weight excluding hydrogens is 428 g/mol. The molecule has 10 heteroatoms. The molecule has 5 rings (SSSR count). The quantitative estimate of drug-likeness (QED) is 0.586. The molecule has 4 heterocycles. The predicted molar refractivity (Wildman–Crippen MR) is 130 cm³/mol. The Morgan fingerprint density at radius 2 is 1.74 bits per heavy atom. The van der Waals surface area contributed by atoms with Crippen LogP contribution in [-0.4, -0.2) is 64.8 Å². The molecule has 1 fully saturated rings. The van der Waals surface area contributed by atoms with Crippen molar-refractivity contribution in [3.8, 4) is 0 Å². The molecule has 0 amide bonds. The van der Waals surface area contributed by atoms with Crippen molar-refractivity contribution in [2.75, 3.05) is 48.8 Å². The Bertz CT molecular complexity index is 1020. The predicted octanol–water partition coefficient (Wildman–Crippen LogP) is 3.68. The number of likely N-dealkylation sites (N-methyl/N-ethyl adjacent to an activating group) is 1. The lowest BCUT2D eigenvalue weighted by atomic mass is 10.3. The van der Waals surface area contributed by atoms with Gasteiger partial charge in [0.25, 0.3) is 0 Å². The van der Waals surface area contributed by atoms with Crippen LogP contribution in [0.25, 0.3) is 0 Å². The number of anilines is 4. The molecule has 31 heavy (non-hydrogen) atoms. The van der Waals surface area contributed by atoms with Crippen LogP contribution < -0.4 is 15.5 Å². The summed E-state index contributed by atoms with van der Waals surface area (Å²) < 4.78 is 0. The third kappa shape index (κ3) is 4.97. The van der Waals surface area contributed by atoms with Crippen LogP contribution in [0.15, 0.2) is 52.8 Å². The fourth-order valence-corrected chi connectivity index (χ4v) is 5.37. The van der Waals surface area contributed by atoms with E-state index < -0.39 is 0 Å². The van der Waals surface area contributed by atoms with Crippen molar-refractivity contribution in [1.82, 2.24) is 19.9 Å². The smallest absolute Gasteiger partial charge is 0.233 e. The second kappa shape index (κ2) is 9.21. The van der Waals surface area contributed by atoms with Gasteiger partial charge in [-0.1, -0.05) is 36.0 Å². The number of piperazine rings is 1. The lowest BCUT2D eigenvalue weighted by Gasteiger charge is -2.32. The van der Waals surface area contributed by atoms with Crippen molar-refractivity contribution in [2.24, 2.45) is 4.99 Å². The van der Waals surface area contributed by atoms with E-state index in [2.05, 4.69) is 55.0 Å². The molecule has 2 aliphatic rings. The monoisotopic (exact) mass is 452 g/mol. The van der Waals surface area contributed by atoms with Gasteiger partial charge in [-0.05, 0) is 30.6 Å². The second-order valence-corrected chi connectivity index (χ2v) is 9.64. The van der Waals surface area contributed by atoms with E-state index >= 15 is 0 Å². The highest BCUT2D eigenvalue weighted by molar-refractivity contribution is 8.01. The molecule has 1 aromatic carbocycles. The molecular formula is C21H24N8S2. The van der Waals surface area contributed by atoms with Gasteiger partial charge < -0.3 is 20.4 Å². The molecule has 2 aliphatic heterocycles. The zero-order valence-electron chi connectivity index (χ0n) is 17.2. The largest absolute Gasteiger partial charge is 0.338 e. The summed E-state index contributed by atoms with van der Waals surface area (Å²) >= 11 is 3.50. The summed E-state index contributed by atoms with van der Waals surface area (Å²) in [6.07, 6.45) is 2.00. The SMILES string of the molecule is CN1CCN(c2nc(Nc3ccccc3)nc(NC3N=CC(c4cccs4)S3)n2)CC1. The van der Waals surface area contributed by atoms with Crippen molar-refractivity contribution in [1.29, 1.82) is 0 Å². The first-order chi connectivity index (χ1) is 15.2. The van der Waals surface area contributed by atoms with E-state index in [1.807, 2.05) is 36.5 Å². The van der Waals surface area contributed by atoms with Gasteiger partial charge >= 0.3 is 0 Å². The summed E-state index contributed by atoms with van der Waals surface area (Å²) in [5.74, 6) is 1.74. The number of nitrogens with zero attached hydrogens (tertiary/aromatic N) is 6. The van der Waals surface area contributed by atoms with E-state index in [1.165, 1.54) is 4.88 Å². The number of hydrogen-bond donors (Lipinski definition) is 2. The molecule has 3 aromatic rings. The summed E-state index contributed by atoms with van der Waals surface area (Å²) in [5, 5.41) is 9.04. The summed E-state index contributed by atoms with van der Waals surface area (Å²) in [6.45, 7) is 3.76. The average molecular weight is 453 g/mol. The lowest BCUT2D eigenvalue weighted by molar-refractivity contribution is 0.311. The maximum atomic E-state index is 4.72. The molecule has 0 radical (unpaired) electrons. The number of benzene rings is 1. The molecule has 8 nitrogen and oxygen atoms in total. The number of hydrogen-bond acceptors (Lipinski definition) is 10. The van der Waals surface area contributed by atoms with Gasteiger partial charge in [0.05, 0.1) is 5.25 Å². The standard InChI is InChI=1S/C21H24N8S2/c1-28-9-11-29(12-10-28)20-25-18(23-15-6-3-2-4-7-15)24-19(26-20)27-21-22-14-17(31-21)16-8-5-13-30-16/h2-8,13-14,17,21H,9-12H2,1H3,(H2,23,24,25,26,27). The normalized spacial score (nSPS) is 21.4. The molecule has 2 atom stereocenters. The third-order valence-electron chi connectivity index (χ3n) is 5.15. The first-order valence-corrected chi connectivity index (χ1v) is 12.1. The van der Waals surface area contributed by atoms with Crippen LogP contribution in [0.4, 0.5) is 23.5 Å². The minimum Gasteiger partial charge on any atom is -0.338 e. The maximum absolute atomic E-state index is 4.72. The number of thioether (sulfide) groups is 1. The average Bonchev–Trinajstić information content (AvgIpc) is 3.47. The van der Waals surface area contributed by atoms with Gasteiger partial charge in [-0.15, -0.1) is 11.3 Å². The first kappa shape index (κ1) is 20.2. The molecule has 2 N–H and O–H groups in total. The number of para-hydroxylation sites is 1. The number of aliphatic imine (C=N–C) groups is 1. The van der Waals surface area contributed by atoms with Crippen LogP contribution in [0.3, 0.4) is 0 Å². The number of rotatable bonds is 6. The highest BCUT2D eigenvalue weighted by Crippen LogP contribution is 2.38. The van der Waals surface area contributed by atoms with E-state index in [1.54, 1.807) is 23.1 Å². The van der Waals surface area contributed by atoms with Crippen LogP contribution >= 0.6 is 23.1 Å². The highest BCUT2D eigenvalue weighted by atomic mass is 32.2. The van der Waals surface area contributed by atoms with E-state index in [-0.39, 0.29) is 10.7 Å². The zero-order valence-corrected chi connectivity index (χ0v) is 18.8. The Morgan fingerprint density at radius 3 is 2.52 bits per heavy atom. The Balaban J connectivity index is 1.36. The second-order valence-electron chi connectivity index (χ2n) is 7.43.